The van der Waals surface area contributed by atoms with Gasteiger partial charge in [-0.25, -0.2) is 4.39 Å². The zero-order valence-electron chi connectivity index (χ0n) is 15.2. The molecule has 3 nitrogen and oxygen atoms in total. The zero-order valence-corrected chi connectivity index (χ0v) is 15.2. The number of hydrogen-bond acceptors (Lipinski definition) is 2. The van der Waals surface area contributed by atoms with Gasteiger partial charge >= 0.3 is 0 Å². The van der Waals surface area contributed by atoms with E-state index in [0.717, 1.165) is 11.1 Å². The Morgan fingerprint density at radius 1 is 0.889 bits per heavy atom. The van der Waals surface area contributed by atoms with Crippen molar-refractivity contribution in [1.29, 1.82) is 0 Å². The highest BCUT2D eigenvalue weighted by Crippen LogP contribution is 2.29. The van der Waals surface area contributed by atoms with Gasteiger partial charge in [0.2, 0.25) is 5.91 Å². The van der Waals surface area contributed by atoms with Crippen LogP contribution in [-0.2, 0) is 10.3 Å². The number of rotatable bonds is 7. The number of para-hydroxylation sites is 1. The number of carbonyl (C=O) groups is 1. The van der Waals surface area contributed by atoms with Gasteiger partial charge in [-0.3, -0.25) is 4.79 Å². The van der Waals surface area contributed by atoms with E-state index in [1.807, 2.05) is 67.6 Å². The Hall–Kier alpha value is -3.14. The molecule has 0 fully saturated rings. The first-order valence-electron chi connectivity index (χ1n) is 8.89. The van der Waals surface area contributed by atoms with E-state index in [1.54, 1.807) is 18.2 Å². The van der Waals surface area contributed by atoms with Gasteiger partial charge in [0, 0.05) is 0 Å². The van der Waals surface area contributed by atoms with Crippen LogP contribution in [0.4, 0.5) is 4.39 Å². The molecular weight excluding hydrogens is 341 g/mol. The molecule has 0 saturated carbocycles. The molecule has 1 N–H and O–H groups in total. The molecule has 0 heterocycles. The summed E-state index contributed by atoms with van der Waals surface area (Å²) < 4.78 is 19.0. The van der Waals surface area contributed by atoms with Crippen molar-refractivity contribution >= 4 is 5.91 Å². The Balaban J connectivity index is 1.71. The largest absolute Gasteiger partial charge is 0.490 e. The number of benzene rings is 3. The maximum atomic E-state index is 13.6. The Bertz CT molecular complexity index is 842. The molecule has 3 aromatic rings. The van der Waals surface area contributed by atoms with Crippen LogP contribution < -0.4 is 10.1 Å². The predicted octanol–water partition coefficient (Wildman–Crippen LogP) is 4.67. The van der Waals surface area contributed by atoms with Crippen molar-refractivity contribution in [2.45, 2.75) is 18.9 Å². The van der Waals surface area contributed by atoms with Gasteiger partial charge in [0.25, 0.3) is 0 Å². The highest BCUT2D eigenvalue weighted by Gasteiger charge is 2.30. The summed E-state index contributed by atoms with van der Waals surface area (Å²) in [6.45, 7) is 2.08. The molecule has 0 atom stereocenters. The molecule has 0 spiro atoms. The van der Waals surface area contributed by atoms with Gasteiger partial charge in [-0.2, -0.15) is 0 Å². The van der Waals surface area contributed by atoms with E-state index in [2.05, 4.69) is 5.32 Å². The summed E-state index contributed by atoms with van der Waals surface area (Å²) in [5, 5.41) is 3.11. The number of halogens is 1. The molecule has 0 saturated heterocycles. The van der Waals surface area contributed by atoms with E-state index in [4.69, 9.17) is 4.74 Å². The third-order valence-corrected chi connectivity index (χ3v) is 4.52. The Morgan fingerprint density at radius 2 is 1.41 bits per heavy atom. The van der Waals surface area contributed by atoms with Crippen molar-refractivity contribution in [2.24, 2.45) is 0 Å². The number of ether oxygens (including phenoxy) is 1. The topological polar surface area (TPSA) is 38.3 Å². The minimum atomic E-state index is -0.669. The Labute approximate surface area is 158 Å². The summed E-state index contributed by atoms with van der Waals surface area (Å²) in [6.07, 6.45) is 0.129. The van der Waals surface area contributed by atoms with Crippen molar-refractivity contribution in [1.82, 2.24) is 5.32 Å². The molecule has 0 radical (unpaired) electrons. The van der Waals surface area contributed by atoms with Crippen molar-refractivity contribution < 1.29 is 13.9 Å². The summed E-state index contributed by atoms with van der Waals surface area (Å²) in [5.41, 5.74) is 1.30. The van der Waals surface area contributed by atoms with Crippen LogP contribution in [0.2, 0.25) is 0 Å². The second-order valence-corrected chi connectivity index (χ2v) is 6.43. The number of hydrogen-bond donors (Lipinski definition) is 1. The summed E-state index contributed by atoms with van der Waals surface area (Å²) in [7, 11) is 0. The fourth-order valence-electron chi connectivity index (χ4n) is 3.01. The fraction of sp³-hybridized carbons (Fsp3) is 0.174. The molecule has 27 heavy (non-hydrogen) atoms. The maximum Gasteiger partial charge on any atom is 0.224 e. The van der Waals surface area contributed by atoms with Crippen LogP contribution in [0.3, 0.4) is 0 Å². The van der Waals surface area contributed by atoms with E-state index in [9.17, 15) is 9.18 Å². The quantitative estimate of drug-likeness (QED) is 0.662. The number of amides is 1. The lowest BCUT2D eigenvalue weighted by molar-refractivity contribution is -0.123. The molecule has 0 aromatic heterocycles. The normalized spacial score (nSPS) is 11.0. The minimum Gasteiger partial charge on any atom is -0.490 e. The van der Waals surface area contributed by atoms with Crippen LogP contribution in [-0.4, -0.2) is 12.5 Å². The number of carbonyl (C=O) groups excluding carboxylic acids is 1. The van der Waals surface area contributed by atoms with E-state index < -0.39 is 11.4 Å². The maximum absolute atomic E-state index is 13.6. The molecule has 0 bridgehead atoms. The molecule has 3 rings (SSSR count). The van der Waals surface area contributed by atoms with Crippen LogP contribution in [0.25, 0.3) is 0 Å². The Kier molecular flexibility index (Phi) is 5.87. The third-order valence-electron chi connectivity index (χ3n) is 4.52. The van der Waals surface area contributed by atoms with Gasteiger partial charge in [-0.1, -0.05) is 72.8 Å². The van der Waals surface area contributed by atoms with Gasteiger partial charge in [0.1, 0.15) is 0 Å². The van der Waals surface area contributed by atoms with E-state index >= 15 is 0 Å². The van der Waals surface area contributed by atoms with Crippen LogP contribution in [0.5, 0.6) is 5.75 Å². The van der Waals surface area contributed by atoms with Crippen molar-refractivity contribution in [2.75, 3.05) is 6.61 Å². The third kappa shape index (κ3) is 4.53. The molecule has 0 unspecified atom stereocenters. The zero-order chi connectivity index (χ0) is 19.1. The molecule has 0 aliphatic rings. The summed E-state index contributed by atoms with van der Waals surface area (Å²) in [4.78, 5) is 12.6. The van der Waals surface area contributed by atoms with Crippen LogP contribution in [0.15, 0.2) is 84.9 Å². The van der Waals surface area contributed by atoms with E-state index in [-0.39, 0.29) is 24.7 Å². The molecule has 138 valence electrons. The van der Waals surface area contributed by atoms with Crippen molar-refractivity contribution in [3.8, 4) is 5.75 Å². The first kappa shape index (κ1) is 18.6. The first-order valence-corrected chi connectivity index (χ1v) is 8.89. The fourth-order valence-corrected chi connectivity index (χ4v) is 3.01. The highest BCUT2D eigenvalue weighted by molar-refractivity contribution is 5.78. The Morgan fingerprint density at radius 3 is 1.96 bits per heavy atom. The van der Waals surface area contributed by atoms with Gasteiger partial charge in [-0.15, -0.1) is 0 Å². The minimum absolute atomic E-state index is 0.104. The lowest BCUT2D eigenvalue weighted by Crippen LogP contribution is -2.44. The van der Waals surface area contributed by atoms with Crippen LogP contribution in [0, 0.1) is 5.82 Å². The van der Waals surface area contributed by atoms with Gasteiger partial charge in [-0.05, 0) is 30.2 Å². The van der Waals surface area contributed by atoms with E-state index in [0.29, 0.717) is 0 Å². The molecule has 0 aliphatic heterocycles. The lowest BCUT2D eigenvalue weighted by Gasteiger charge is -2.32. The second-order valence-electron chi connectivity index (χ2n) is 6.43. The number of nitrogens with one attached hydrogen (secondary N) is 1. The predicted molar refractivity (Wildman–Crippen MR) is 104 cm³/mol. The monoisotopic (exact) mass is 363 g/mol. The first-order chi connectivity index (χ1) is 13.1. The molecule has 3 aromatic carbocycles. The smallest absolute Gasteiger partial charge is 0.224 e. The van der Waals surface area contributed by atoms with Gasteiger partial charge < -0.3 is 10.1 Å². The van der Waals surface area contributed by atoms with Crippen LogP contribution in [0.1, 0.15) is 24.5 Å². The van der Waals surface area contributed by atoms with Crippen LogP contribution >= 0.6 is 0 Å². The summed E-state index contributed by atoms with van der Waals surface area (Å²) >= 11 is 0. The SMILES string of the molecule is CC(NC(=O)CCOc1ccccc1F)(c1ccccc1)c1ccccc1. The van der Waals surface area contributed by atoms with Gasteiger partial charge in [0.05, 0.1) is 18.6 Å². The van der Waals surface area contributed by atoms with Crippen molar-refractivity contribution in [3.63, 3.8) is 0 Å². The molecule has 0 aliphatic carbocycles. The van der Waals surface area contributed by atoms with Gasteiger partial charge in [0.15, 0.2) is 11.6 Å². The summed E-state index contributed by atoms with van der Waals surface area (Å²) in [6, 6.07) is 25.8. The highest BCUT2D eigenvalue weighted by atomic mass is 19.1. The molecule has 1 amide bonds. The average molecular weight is 363 g/mol. The standard InChI is InChI=1S/C23H22FNO2/c1-23(18-10-4-2-5-11-18,19-12-6-3-7-13-19)25-22(26)16-17-27-21-15-9-8-14-20(21)24/h2-15H,16-17H2,1H3,(H,25,26). The summed E-state index contributed by atoms with van der Waals surface area (Å²) in [5.74, 6) is -0.447. The second kappa shape index (κ2) is 8.49. The van der Waals surface area contributed by atoms with Crippen molar-refractivity contribution in [3.05, 3.63) is 102 Å². The molecule has 4 heteroatoms. The lowest BCUT2D eigenvalue weighted by atomic mass is 9.84. The molecular formula is C23H22FNO2. The average Bonchev–Trinajstić information content (AvgIpc) is 2.71. The van der Waals surface area contributed by atoms with E-state index in [1.165, 1.54) is 6.07 Å².